The van der Waals surface area contributed by atoms with Crippen molar-refractivity contribution in [3.63, 3.8) is 0 Å². The molecule has 1 aromatic carbocycles. The zero-order valence-electron chi connectivity index (χ0n) is 12.8. The molecule has 0 radical (unpaired) electrons. The maximum Gasteiger partial charge on any atom is 0.341 e. The summed E-state index contributed by atoms with van der Waals surface area (Å²) in [5.74, 6) is -3.42. The van der Waals surface area contributed by atoms with E-state index < -0.39 is 20.5 Å². The monoisotopic (exact) mass is 351 g/mol. The van der Waals surface area contributed by atoms with Crippen molar-refractivity contribution in [3.8, 4) is 0 Å². The number of anilines is 1. The fourth-order valence-electron chi connectivity index (χ4n) is 2.30. The third-order valence-corrected chi connectivity index (χ3v) is 4.94. The second-order valence-electron chi connectivity index (χ2n) is 5.39. The van der Waals surface area contributed by atoms with Crippen molar-refractivity contribution in [3.05, 3.63) is 60.0 Å². The Kier molecular flexibility index (Phi) is 4.23. The molecular formula is C16H15F2N3O2S. The molecule has 5 nitrogen and oxygen atoms in total. The molecule has 3 rings (SSSR count). The van der Waals surface area contributed by atoms with Crippen LogP contribution in [0.3, 0.4) is 0 Å². The highest BCUT2D eigenvalue weighted by atomic mass is 32.2. The number of rotatable bonds is 5. The van der Waals surface area contributed by atoms with Crippen molar-refractivity contribution in [2.75, 3.05) is 5.32 Å². The van der Waals surface area contributed by atoms with E-state index in [4.69, 9.17) is 0 Å². The van der Waals surface area contributed by atoms with Crippen LogP contribution in [-0.2, 0) is 16.4 Å². The number of alkyl halides is 2. The molecule has 3 aromatic rings. The molecular weight excluding hydrogens is 336 g/mol. The van der Waals surface area contributed by atoms with Crippen LogP contribution in [0.25, 0.3) is 5.65 Å². The number of benzene rings is 1. The fourth-order valence-corrected chi connectivity index (χ4v) is 3.02. The van der Waals surface area contributed by atoms with E-state index in [1.54, 1.807) is 0 Å². The summed E-state index contributed by atoms with van der Waals surface area (Å²) in [5.41, 5.74) is 3.38. The Labute approximate surface area is 137 Å². The van der Waals surface area contributed by atoms with Crippen LogP contribution in [0.15, 0.2) is 53.7 Å². The molecule has 0 aliphatic carbocycles. The topological polar surface area (TPSA) is 63.5 Å². The number of imidazole rings is 1. The van der Waals surface area contributed by atoms with E-state index in [2.05, 4.69) is 10.3 Å². The summed E-state index contributed by atoms with van der Waals surface area (Å²) >= 11 is 0. The van der Waals surface area contributed by atoms with Gasteiger partial charge < -0.3 is 9.72 Å². The van der Waals surface area contributed by atoms with Gasteiger partial charge >= 0.3 is 5.76 Å². The van der Waals surface area contributed by atoms with Crippen LogP contribution in [0.4, 0.5) is 14.5 Å². The van der Waals surface area contributed by atoms with Crippen molar-refractivity contribution in [2.24, 2.45) is 0 Å². The molecule has 0 bridgehead atoms. The number of aryl methyl sites for hydroxylation is 1. The zero-order valence-corrected chi connectivity index (χ0v) is 13.6. The molecule has 0 amide bonds. The van der Waals surface area contributed by atoms with Crippen molar-refractivity contribution >= 4 is 21.2 Å². The highest BCUT2D eigenvalue weighted by molar-refractivity contribution is 7.91. The molecule has 0 fully saturated rings. The van der Waals surface area contributed by atoms with Crippen LogP contribution < -0.4 is 5.32 Å². The number of halogens is 2. The Morgan fingerprint density at radius 3 is 2.50 bits per heavy atom. The van der Waals surface area contributed by atoms with Gasteiger partial charge in [-0.05, 0) is 42.8 Å². The highest BCUT2D eigenvalue weighted by Gasteiger charge is 2.26. The first kappa shape index (κ1) is 16.4. The van der Waals surface area contributed by atoms with Crippen molar-refractivity contribution in [2.45, 2.75) is 24.1 Å². The minimum Gasteiger partial charge on any atom is -0.379 e. The molecule has 2 aromatic heterocycles. The number of hydrogen-bond acceptors (Lipinski definition) is 4. The van der Waals surface area contributed by atoms with E-state index in [1.165, 1.54) is 12.1 Å². The predicted octanol–water partition coefficient (Wildman–Crippen LogP) is 3.25. The number of pyridine rings is 1. The predicted molar refractivity (Wildman–Crippen MR) is 86.9 cm³/mol. The second-order valence-corrected chi connectivity index (χ2v) is 7.31. The maximum atomic E-state index is 12.5. The van der Waals surface area contributed by atoms with Crippen molar-refractivity contribution in [1.29, 1.82) is 0 Å². The van der Waals surface area contributed by atoms with Crippen LogP contribution in [0.1, 0.15) is 11.3 Å². The lowest BCUT2D eigenvalue weighted by molar-refractivity contribution is 0.234. The van der Waals surface area contributed by atoms with E-state index in [-0.39, 0.29) is 0 Å². The lowest BCUT2D eigenvalue weighted by Crippen LogP contribution is -2.11. The summed E-state index contributed by atoms with van der Waals surface area (Å²) in [5, 5.41) is 3.09. The molecule has 2 heterocycles. The molecule has 0 spiro atoms. The number of aromatic nitrogens is 2. The molecule has 0 atom stereocenters. The molecule has 0 aliphatic rings. The van der Waals surface area contributed by atoms with Gasteiger partial charge in [-0.3, -0.25) is 0 Å². The Morgan fingerprint density at radius 1 is 1.12 bits per heavy atom. The van der Waals surface area contributed by atoms with Crippen LogP contribution in [0.2, 0.25) is 0 Å². The standard InChI is InChI=1S/C16H15F2N3O2S/c1-11-2-7-15-20-13(10-21(15)9-11)8-19-12-3-5-14(6-4-12)24(22,23)16(17)18/h2-7,9-10,16,19H,8H2,1H3. The van der Waals surface area contributed by atoms with E-state index in [1.807, 2.05) is 35.9 Å². The lowest BCUT2D eigenvalue weighted by Gasteiger charge is -2.06. The van der Waals surface area contributed by atoms with Crippen molar-refractivity contribution < 1.29 is 17.2 Å². The maximum absolute atomic E-state index is 12.5. The summed E-state index contributed by atoms with van der Waals surface area (Å²) in [6.45, 7) is 2.42. The minimum absolute atomic E-state index is 0.397. The lowest BCUT2D eigenvalue weighted by atomic mass is 10.3. The summed E-state index contributed by atoms with van der Waals surface area (Å²) in [7, 11) is -4.56. The van der Waals surface area contributed by atoms with Gasteiger partial charge in [-0.2, -0.15) is 8.78 Å². The van der Waals surface area contributed by atoms with Gasteiger partial charge in [0.05, 0.1) is 17.1 Å². The fraction of sp³-hybridized carbons (Fsp3) is 0.188. The van der Waals surface area contributed by atoms with Gasteiger partial charge in [0.1, 0.15) is 5.65 Å². The Hall–Kier alpha value is -2.48. The molecule has 24 heavy (non-hydrogen) atoms. The molecule has 0 saturated carbocycles. The first-order valence-corrected chi connectivity index (χ1v) is 8.71. The Bertz CT molecular complexity index is 967. The van der Waals surface area contributed by atoms with Gasteiger partial charge in [-0.25, -0.2) is 13.4 Å². The minimum atomic E-state index is -4.56. The third kappa shape index (κ3) is 3.23. The van der Waals surface area contributed by atoms with Gasteiger partial charge in [-0.1, -0.05) is 6.07 Å². The first-order valence-electron chi connectivity index (χ1n) is 7.16. The number of hydrogen-bond donors (Lipinski definition) is 1. The van der Waals surface area contributed by atoms with Gasteiger partial charge in [0.15, 0.2) is 0 Å². The number of fused-ring (bicyclic) bond motifs is 1. The van der Waals surface area contributed by atoms with Crippen molar-refractivity contribution in [1.82, 2.24) is 9.38 Å². The van der Waals surface area contributed by atoms with Crippen LogP contribution >= 0.6 is 0 Å². The van der Waals surface area contributed by atoms with E-state index in [0.717, 1.165) is 29.0 Å². The molecule has 0 saturated heterocycles. The summed E-state index contributed by atoms with van der Waals surface area (Å²) in [6.07, 6.45) is 3.86. The normalized spacial score (nSPS) is 12.0. The average molecular weight is 351 g/mol. The average Bonchev–Trinajstić information content (AvgIpc) is 2.95. The molecule has 126 valence electrons. The highest BCUT2D eigenvalue weighted by Crippen LogP contribution is 2.20. The summed E-state index contributed by atoms with van der Waals surface area (Å²) in [4.78, 5) is 4.06. The molecule has 0 unspecified atom stereocenters. The SMILES string of the molecule is Cc1ccc2nc(CNc3ccc(S(=O)(=O)C(F)F)cc3)cn2c1. The van der Waals surface area contributed by atoms with Crippen LogP contribution in [0.5, 0.6) is 0 Å². The van der Waals surface area contributed by atoms with Crippen LogP contribution in [-0.4, -0.2) is 23.6 Å². The quantitative estimate of drug-likeness (QED) is 0.766. The molecule has 8 heteroatoms. The summed E-state index contributed by atoms with van der Waals surface area (Å²) in [6, 6.07) is 9.13. The van der Waals surface area contributed by atoms with Gasteiger partial charge in [0, 0.05) is 18.1 Å². The van der Waals surface area contributed by atoms with E-state index >= 15 is 0 Å². The number of nitrogens with one attached hydrogen (secondary N) is 1. The van der Waals surface area contributed by atoms with Gasteiger partial charge in [-0.15, -0.1) is 0 Å². The van der Waals surface area contributed by atoms with Gasteiger partial charge in [0.25, 0.3) is 0 Å². The zero-order chi connectivity index (χ0) is 17.3. The van der Waals surface area contributed by atoms with E-state index in [9.17, 15) is 17.2 Å². The van der Waals surface area contributed by atoms with E-state index in [0.29, 0.717) is 12.2 Å². The Balaban J connectivity index is 1.72. The smallest absolute Gasteiger partial charge is 0.341 e. The summed E-state index contributed by atoms with van der Waals surface area (Å²) < 4.78 is 49.6. The molecule has 0 aliphatic heterocycles. The Morgan fingerprint density at radius 2 is 1.83 bits per heavy atom. The molecule has 1 N–H and O–H groups in total. The van der Waals surface area contributed by atoms with Crippen LogP contribution in [0, 0.1) is 6.92 Å². The van der Waals surface area contributed by atoms with Gasteiger partial charge in [0.2, 0.25) is 9.84 Å². The second kappa shape index (κ2) is 6.20. The largest absolute Gasteiger partial charge is 0.379 e. The third-order valence-electron chi connectivity index (χ3n) is 3.54. The number of nitrogens with zero attached hydrogens (tertiary/aromatic N) is 2. The number of sulfone groups is 1. The first-order chi connectivity index (χ1) is 11.4.